The molecule has 1 aromatic rings. The molecule has 3 N–H and O–H groups in total. The minimum absolute atomic E-state index is 0.0602. The number of fused-ring (bicyclic) bond motifs is 1. The lowest BCUT2D eigenvalue weighted by molar-refractivity contribution is 0.0689. The van der Waals surface area contributed by atoms with Crippen molar-refractivity contribution in [3.63, 3.8) is 0 Å². The van der Waals surface area contributed by atoms with Gasteiger partial charge in [0.1, 0.15) is 5.69 Å². The highest BCUT2D eigenvalue weighted by molar-refractivity contribution is 6.03. The average Bonchev–Trinajstić information content (AvgIpc) is 2.56. The zero-order chi connectivity index (χ0) is 13.9. The summed E-state index contributed by atoms with van der Waals surface area (Å²) in [5, 5.41) is 16.6. The first kappa shape index (κ1) is 14.4. The van der Waals surface area contributed by atoms with Crippen LogP contribution in [0.3, 0.4) is 0 Å². The Bertz CT molecular complexity index is 462. The number of aryl methyl sites for hydroxylation is 1. The van der Waals surface area contributed by atoms with E-state index in [1.807, 2.05) is 6.92 Å². The van der Waals surface area contributed by atoms with E-state index in [-0.39, 0.29) is 24.0 Å². The number of carboxylic acid groups (broad SMARTS) is 1. The van der Waals surface area contributed by atoms with Crippen LogP contribution in [-0.2, 0) is 6.42 Å². The van der Waals surface area contributed by atoms with Crippen LogP contribution in [0.15, 0.2) is 0 Å². The van der Waals surface area contributed by atoms with E-state index in [1.54, 1.807) is 13.8 Å². The van der Waals surface area contributed by atoms with Gasteiger partial charge in [0.15, 0.2) is 5.78 Å². The van der Waals surface area contributed by atoms with Crippen LogP contribution in [0.2, 0.25) is 0 Å². The van der Waals surface area contributed by atoms with Crippen LogP contribution < -0.4 is 0 Å². The number of Topliss-reactive ketones (excluding diaryl/α,β-unsaturated/α-hetero) is 1. The molecule has 0 spiro atoms. The third kappa shape index (κ3) is 2.79. The first-order valence-corrected chi connectivity index (χ1v) is 6.01. The second-order valence-corrected chi connectivity index (χ2v) is 4.54. The number of hydrogen-bond donors (Lipinski definition) is 3. The Balaban J connectivity index is 0.000000492. The number of rotatable bonds is 1. The summed E-state index contributed by atoms with van der Waals surface area (Å²) in [4.78, 5) is 25.5. The predicted octanol–water partition coefficient (Wildman–Crippen LogP) is 1.78. The van der Waals surface area contributed by atoms with E-state index >= 15 is 0 Å². The number of aliphatic hydroxyl groups excluding tert-OH is 1. The molecule has 0 fully saturated rings. The Kier molecular flexibility index (Phi) is 4.67. The third-order valence-corrected chi connectivity index (χ3v) is 2.87. The Morgan fingerprint density at radius 2 is 2.00 bits per heavy atom. The Hall–Kier alpha value is -1.62. The highest BCUT2D eigenvalue weighted by Crippen LogP contribution is 2.30. The van der Waals surface area contributed by atoms with E-state index in [4.69, 9.17) is 10.2 Å². The van der Waals surface area contributed by atoms with Gasteiger partial charge in [-0.25, -0.2) is 4.79 Å². The van der Waals surface area contributed by atoms with Gasteiger partial charge in [-0.05, 0) is 31.7 Å². The number of aromatic carboxylic acids is 1. The highest BCUT2D eigenvalue weighted by Gasteiger charge is 2.30. The van der Waals surface area contributed by atoms with Crippen LogP contribution in [0.4, 0.5) is 0 Å². The van der Waals surface area contributed by atoms with E-state index in [2.05, 4.69) is 4.98 Å². The van der Waals surface area contributed by atoms with Crippen LogP contribution >= 0.6 is 0 Å². The summed E-state index contributed by atoms with van der Waals surface area (Å²) < 4.78 is 0. The van der Waals surface area contributed by atoms with Crippen molar-refractivity contribution in [2.75, 3.05) is 6.61 Å². The number of carbonyl (C=O) groups is 2. The van der Waals surface area contributed by atoms with Crippen LogP contribution in [-0.4, -0.2) is 33.6 Å². The van der Waals surface area contributed by atoms with Crippen molar-refractivity contribution in [3.8, 4) is 0 Å². The molecule has 1 aliphatic carbocycles. The molecule has 0 amide bonds. The summed E-state index contributed by atoms with van der Waals surface area (Å²) in [5.74, 6) is -0.690. The van der Waals surface area contributed by atoms with Gasteiger partial charge in [-0.1, -0.05) is 6.92 Å². The van der Waals surface area contributed by atoms with Crippen LogP contribution in [0.1, 0.15) is 52.4 Å². The number of aliphatic hydroxyl groups is 1. The van der Waals surface area contributed by atoms with Crippen molar-refractivity contribution in [2.24, 2.45) is 5.92 Å². The molecule has 0 aromatic carbocycles. The van der Waals surface area contributed by atoms with Gasteiger partial charge in [0.2, 0.25) is 0 Å². The SMILES string of the molecule is CCO.Cc1[nH]c(C(=O)O)c2c1C(=O)CC(C)C2. The summed E-state index contributed by atoms with van der Waals surface area (Å²) in [6.45, 7) is 5.65. The molecule has 0 radical (unpaired) electrons. The standard InChI is InChI=1S/C11H13NO3.C2H6O/c1-5-3-7-9(8(13)4-5)6(2)12-10(7)11(14)15;1-2-3/h5,12H,3-4H2,1-2H3,(H,14,15);3H,2H2,1H3. The zero-order valence-corrected chi connectivity index (χ0v) is 10.9. The lowest BCUT2D eigenvalue weighted by Crippen LogP contribution is -2.18. The summed E-state index contributed by atoms with van der Waals surface area (Å²) in [6.07, 6.45) is 1.19. The maximum atomic E-state index is 11.7. The molecule has 0 aliphatic heterocycles. The van der Waals surface area contributed by atoms with Crippen molar-refractivity contribution in [3.05, 3.63) is 22.5 Å². The van der Waals surface area contributed by atoms with Crippen LogP contribution in [0, 0.1) is 12.8 Å². The van der Waals surface area contributed by atoms with E-state index in [0.717, 1.165) is 0 Å². The fourth-order valence-electron chi connectivity index (χ4n) is 2.28. The molecule has 5 nitrogen and oxygen atoms in total. The van der Waals surface area contributed by atoms with Gasteiger partial charge in [-0.15, -0.1) is 0 Å². The molecule has 1 atom stereocenters. The predicted molar refractivity (Wildman–Crippen MR) is 67.1 cm³/mol. The number of aromatic nitrogens is 1. The van der Waals surface area contributed by atoms with Gasteiger partial charge < -0.3 is 15.2 Å². The number of aromatic amines is 1. The molecule has 18 heavy (non-hydrogen) atoms. The molecule has 0 bridgehead atoms. The Morgan fingerprint density at radius 3 is 2.50 bits per heavy atom. The molecule has 0 saturated carbocycles. The normalized spacial score (nSPS) is 17.8. The fraction of sp³-hybridized carbons (Fsp3) is 0.538. The van der Waals surface area contributed by atoms with Crippen molar-refractivity contribution >= 4 is 11.8 Å². The van der Waals surface area contributed by atoms with Gasteiger partial charge >= 0.3 is 5.97 Å². The number of nitrogens with one attached hydrogen (secondary N) is 1. The Morgan fingerprint density at radius 1 is 1.44 bits per heavy atom. The van der Waals surface area contributed by atoms with E-state index < -0.39 is 5.97 Å². The molecule has 2 rings (SSSR count). The largest absolute Gasteiger partial charge is 0.477 e. The number of carbonyl (C=O) groups excluding carboxylic acids is 1. The minimum Gasteiger partial charge on any atom is -0.477 e. The lowest BCUT2D eigenvalue weighted by Gasteiger charge is -2.17. The zero-order valence-electron chi connectivity index (χ0n) is 10.9. The average molecular weight is 253 g/mol. The monoisotopic (exact) mass is 253 g/mol. The summed E-state index contributed by atoms with van der Waals surface area (Å²) >= 11 is 0. The lowest BCUT2D eigenvalue weighted by atomic mass is 9.84. The third-order valence-electron chi connectivity index (χ3n) is 2.87. The number of H-pyrrole nitrogens is 1. The van der Waals surface area contributed by atoms with E-state index in [9.17, 15) is 9.59 Å². The van der Waals surface area contributed by atoms with E-state index in [0.29, 0.717) is 29.7 Å². The van der Waals surface area contributed by atoms with Gasteiger partial charge in [-0.2, -0.15) is 0 Å². The quantitative estimate of drug-likeness (QED) is 0.711. The molecule has 1 aromatic heterocycles. The topological polar surface area (TPSA) is 90.4 Å². The van der Waals surface area contributed by atoms with Gasteiger partial charge in [-0.3, -0.25) is 4.79 Å². The summed E-state index contributed by atoms with van der Waals surface area (Å²) in [5.41, 5.74) is 2.15. The van der Waals surface area contributed by atoms with Gasteiger partial charge in [0, 0.05) is 24.3 Å². The van der Waals surface area contributed by atoms with E-state index in [1.165, 1.54) is 0 Å². The van der Waals surface area contributed by atoms with Crippen LogP contribution in [0.25, 0.3) is 0 Å². The maximum absolute atomic E-state index is 11.7. The van der Waals surface area contributed by atoms with Crippen LogP contribution in [0.5, 0.6) is 0 Å². The fourth-order valence-corrected chi connectivity index (χ4v) is 2.28. The molecule has 0 saturated heterocycles. The van der Waals surface area contributed by atoms with Gasteiger partial charge in [0.05, 0.1) is 0 Å². The van der Waals surface area contributed by atoms with Gasteiger partial charge in [0.25, 0.3) is 0 Å². The summed E-state index contributed by atoms with van der Waals surface area (Å²) in [6, 6.07) is 0. The highest BCUT2D eigenvalue weighted by atomic mass is 16.4. The number of carboxylic acids is 1. The van der Waals surface area contributed by atoms with Crippen molar-refractivity contribution in [1.82, 2.24) is 4.98 Å². The molecular weight excluding hydrogens is 234 g/mol. The molecule has 5 heteroatoms. The van der Waals surface area contributed by atoms with Crippen molar-refractivity contribution in [2.45, 2.75) is 33.6 Å². The second-order valence-electron chi connectivity index (χ2n) is 4.54. The first-order chi connectivity index (χ1) is 8.42. The smallest absolute Gasteiger partial charge is 0.352 e. The molecule has 1 aliphatic rings. The first-order valence-electron chi connectivity index (χ1n) is 6.01. The molecule has 1 heterocycles. The van der Waals surface area contributed by atoms with Crippen molar-refractivity contribution < 1.29 is 19.8 Å². The molecule has 1 unspecified atom stereocenters. The molecule has 100 valence electrons. The second kappa shape index (κ2) is 5.82. The minimum atomic E-state index is -0.985. The van der Waals surface area contributed by atoms with Crippen molar-refractivity contribution in [1.29, 1.82) is 0 Å². The summed E-state index contributed by atoms with van der Waals surface area (Å²) in [7, 11) is 0. The maximum Gasteiger partial charge on any atom is 0.352 e. The number of hydrogen-bond acceptors (Lipinski definition) is 3. The Labute approximate surface area is 106 Å². The number of ketones is 1. The molecular formula is C13H19NO4.